The molecule has 1 atom stereocenters. The summed E-state index contributed by atoms with van der Waals surface area (Å²) >= 11 is 1.57. The maximum absolute atomic E-state index is 11.7. The third kappa shape index (κ3) is 4.45. The molecule has 0 radical (unpaired) electrons. The van der Waals surface area contributed by atoms with Gasteiger partial charge in [0, 0.05) is 36.2 Å². The first kappa shape index (κ1) is 16.8. The maximum Gasteiger partial charge on any atom is 0.407 e. The van der Waals surface area contributed by atoms with E-state index in [4.69, 9.17) is 4.74 Å². The fraction of sp³-hybridized carbons (Fsp3) is 0.600. The number of nitrogens with zero attached hydrogens (tertiary/aromatic N) is 2. The minimum atomic E-state index is -0.534. The van der Waals surface area contributed by atoms with Crippen LogP contribution in [0.15, 0.2) is 17.8 Å². The lowest BCUT2D eigenvalue weighted by Gasteiger charge is -2.28. The van der Waals surface area contributed by atoms with Gasteiger partial charge in [0.1, 0.15) is 5.60 Å². The Kier molecular flexibility index (Phi) is 4.77. The lowest BCUT2D eigenvalue weighted by molar-refractivity contribution is 0.0477. The summed E-state index contributed by atoms with van der Waals surface area (Å²) in [6.07, 6.45) is 4.00. The highest BCUT2D eigenvalue weighted by atomic mass is 32.1. The van der Waals surface area contributed by atoms with Gasteiger partial charge in [-0.15, -0.1) is 11.3 Å². The number of fused-ring (bicyclic) bond motifs is 1. The molecule has 7 heteroatoms. The molecule has 2 rings (SSSR count). The summed E-state index contributed by atoms with van der Waals surface area (Å²) in [5.41, 5.74) is -0.121. The van der Waals surface area contributed by atoms with Crippen molar-refractivity contribution in [1.82, 2.24) is 14.7 Å². The predicted molar refractivity (Wildman–Crippen MR) is 86.2 cm³/mol. The van der Waals surface area contributed by atoms with E-state index in [1.54, 1.807) is 11.3 Å². The van der Waals surface area contributed by atoms with E-state index in [1.165, 1.54) is 0 Å². The zero-order valence-corrected chi connectivity index (χ0v) is 14.2. The van der Waals surface area contributed by atoms with Crippen molar-refractivity contribution in [3.05, 3.63) is 23.5 Å². The molecule has 122 valence electrons. The molecule has 0 saturated carbocycles. The first-order chi connectivity index (χ1) is 10.2. The summed E-state index contributed by atoms with van der Waals surface area (Å²) < 4.78 is 7.17. The van der Waals surface area contributed by atoms with E-state index in [-0.39, 0.29) is 6.61 Å². The maximum atomic E-state index is 11.7. The van der Waals surface area contributed by atoms with Crippen LogP contribution in [-0.4, -0.2) is 39.3 Å². The molecule has 1 unspecified atom stereocenters. The minimum absolute atomic E-state index is 0.0476. The Morgan fingerprint density at radius 1 is 1.45 bits per heavy atom. The molecule has 2 aromatic rings. The number of thiazole rings is 1. The molecule has 1 amide bonds. The van der Waals surface area contributed by atoms with Crippen LogP contribution in [0.5, 0.6) is 0 Å². The van der Waals surface area contributed by atoms with E-state index in [0.29, 0.717) is 13.0 Å². The zero-order valence-electron chi connectivity index (χ0n) is 13.4. The van der Waals surface area contributed by atoms with Gasteiger partial charge in [-0.3, -0.25) is 4.40 Å². The zero-order chi connectivity index (χ0) is 16.4. The number of imidazole rings is 1. The fourth-order valence-corrected chi connectivity index (χ4v) is 2.79. The van der Waals surface area contributed by atoms with E-state index >= 15 is 0 Å². The second-order valence-corrected chi connectivity index (χ2v) is 7.70. The number of ether oxygens (including phenoxy) is 1. The molecular weight excluding hydrogens is 302 g/mol. The van der Waals surface area contributed by atoms with Crippen LogP contribution in [0.4, 0.5) is 4.79 Å². The largest absolute Gasteiger partial charge is 0.444 e. The molecule has 0 saturated heterocycles. The van der Waals surface area contributed by atoms with Crippen LogP contribution in [0.3, 0.4) is 0 Å². The highest BCUT2D eigenvalue weighted by Gasteiger charge is 2.27. The van der Waals surface area contributed by atoms with Crippen LogP contribution < -0.4 is 5.32 Å². The number of carbonyl (C=O) groups excluding carboxylic acids is 1. The highest BCUT2D eigenvalue weighted by molar-refractivity contribution is 7.15. The quantitative estimate of drug-likeness (QED) is 0.885. The van der Waals surface area contributed by atoms with Crippen LogP contribution in [-0.2, 0) is 11.2 Å². The van der Waals surface area contributed by atoms with Gasteiger partial charge in [-0.2, -0.15) is 0 Å². The van der Waals surface area contributed by atoms with Gasteiger partial charge in [-0.25, -0.2) is 9.78 Å². The SMILES string of the molecule is CC(CO)(CNC(=O)OC(C)(C)C)Cc1cn2ccsc2n1. The molecule has 0 aliphatic heterocycles. The van der Waals surface area contributed by atoms with Crippen molar-refractivity contribution >= 4 is 22.4 Å². The first-order valence-electron chi connectivity index (χ1n) is 7.20. The van der Waals surface area contributed by atoms with Crippen molar-refractivity contribution in [2.24, 2.45) is 5.41 Å². The molecule has 0 bridgehead atoms. The number of aliphatic hydroxyl groups excluding tert-OH is 1. The van der Waals surface area contributed by atoms with Gasteiger partial charge in [0.05, 0.1) is 12.3 Å². The predicted octanol–water partition coefficient (Wildman–Crippen LogP) is 2.46. The van der Waals surface area contributed by atoms with Crippen molar-refractivity contribution in [3.63, 3.8) is 0 Å². The fourth-order valence-electron chi connectivity index (χ4n) is 2.07. The Labute approximate surface area is 134 Å². The molecule has 0 aliphatic carbocycles. The number of nitrogens with one attached hydrogen (secondary N) is 1. The Morgan fingerprint density at radius 2 is 2.18 bits per heavy atom. The number of carbonyl (C=O) groups is 1. The standard InChI is InChI=1S/C15H23N3O3S/c1-14(2,3)21-13(20)16-9-15(4,10-19)7-11-8-18-5-6-22-12(18)17-11/h5-6,8,19H,7,9-10H2,1-4H3,(H,16,20). The van der Waals surface area contributed by atoms with E-state index in [2.05, 4.69) is 10.3 Å². The van der Waals surface area contributed by atoms with Crippen LogP contribution in [0, 0.1) is 5.41 Å². The Bertz CT molecular complexity index is 615. The van der Waals surface area contributed by atoms with Crippen LogP contribution in [0.1, 0.15) is 33.4 Å². The smallest absolute Gasteiger partial charge is 0.407 e. The van der Waals surface area contributed by atoms with Gasteiger partial charge < -0.3 is 15.2 Å². The minimum Gasteiger partial charge on any atom is -0.444 e. The van der Waals surface area contributed by atoms with Crippen LogP contribution >= 0.6 is 11.3 Å². The lowest BCUT2D eigenvalue weighted by Crippen LogP contribution is -2.41. The summed E-state index contributed by atoms with van der Waals surface area (Å²) in [5.74, 6) is 0. The summed E-state index contributed by atoms with van der Waals surface area (Å²) in [4.78, 5) is 17.2. The molecule has 0 fully saturated rings. The summed E-state index contributed by atoms with van der Waals surface area (Å²) in [5, 5.41) is 14.4. The van der Waals surface area contributed by atoms with Crippen molar-refractivity contribution in [2.45, 2.75) is 39.7 Å². The Balaban J connectivity index is 1.96. The van der Waals surface area contributed by atoms with Crippen molar-refractivity contribution < 1.29 is 14.6 Å². The topological polar surface area (TPSA) is 75.9 Å². The van der Waals surface area contributed by atoms with Gasteiger partial charge in [0.25, 0.3) is 0 Å². The molecule has 0 aliphatic rings. The number of aliphatic hydroxyl groups is 1. The number of hydrogen-bond donors (Lipinski definition) is 2. The van der Waals surface area contributed by atoms with Gasteiger partial charge in [0.2, 0.25) is 0 Å². The van der Waals surface area contributed by atoms with Gasteiger partial charge in [-0.1, -0.05) is 6.92 Å². The average Bonchev–Trinajstić information content (AvgIpc) is 2.95. The monoisotopic (exact) mass is 325 g/mol. The second-order valence-electron chi connectivity index (χ2n) is 6.83. The molecule has 2 aromatic heterocycles. The molecule has 2 N–H and O–H groups in total. The van der Waals surface area contributed by atoms with Crippen LogP contribution in [0.25, 0.3) is 4.96 Å². The van der Waals surface area contributed by atoms with Gasteiger partial charge in [-0.05, 0) is 20.8 Å². The molecule has 2 heterocycles. The van der Waals surface area contributed by atoms with E-state index in [0.717, 1.165) is 10.7 Å². The van der Waals surface area contributed by atoms with E-state index in [1.807, 2.05) is 49.9 Å². The van der Waals surface area contributed by atoms with Crippen LogP contribution in [0.2, 0.25) is 0 Å². The Morgan fingerprint density at radius 3 is 2.77 bits per heavy atom. The number of rotatable bonds is 5. The molecule has 0 spiro atoms. The average molecular weight is 325 g/mol. The number of amides is 1. The number of aromatic nitrogens is 2. The second kappa shape index (κ2) is 6.26. The normalized spacial score (nSPS) is 14.8. The first-order valence-corrected chi connectivity index (χ1v) is 8.08. The summed E-state index contributed by atoms with van der Waals surface area (Å²) in [6, 6.07) is 0. The molecule has 0 aromatic carbocycles. The van der Waals surface area contributed by atoms with E-state index < -0.39 is 17.1 Å². The van der Waals surface area contributed by atoms with Crippen molar-refractivity contribution in [1.29, 1.82) is 0 Å². The number of hydrogen-bond acceptors (Lipinski definition) is 5. The van der Waals surface area contributed by atoms with Gasteiger partial charge in [0.15, 0.2) is 4.96 Å². The van der Waals surface area contributed by atoms with Crippen molar-refractivity contribution in [3.8, 4) is 0 Å². The highest BCUT2D eigenvalue weighted by Crippen LogP contribution is 2.22. The van der Waals surface area contributed by atoms with Gasteiger partial charge >= 0.3 is 6.09 Å². The molecule has 22 heavy (non-hydrogen) atoms. The molecular formula is C15H23N3O3S. The Hall–Kier alpha value is -1.60. The third-order valence-corrected chi connectivity index (χ3v) is 3.96. The summed E-state index contributed by atoms with van der Waals surface area (Å²) in [6.45, 7) is 7.64. The lowest BCUT2D eigenvalue weighted by atomic mass is 9.86. The number of alkyl carbamates (subject to hydrolysis) is 1. The molecule has 6 nitrogen and oxygen atoms in total. The van der Waals surface area contributed by atoms with Crippen molar-refractivity contribution in [2.75, 3.05) is 13.2 Å². The van der Waals surface area contributed by atoms with E-state index in [9.17, 15) is 9.90 Å². The third-order valence-electron chi connectivity index (χ3n) is 3.19. The summed E-state index contributed by atoms with van der Waals surface area (Å²) in [7, 11) is 0.